The van der Waals surface area contributed by atoms with Gasteiger partial charge < -0.3 is 20.1 Å². The summed E-state index contributed by atoms with van der Waals surface area (Å²) in [6.07, 6.45) is 0.482. The van der Waals surface area contributed by atoms with Crippen LogP contribution in [0.2, 0.25) is 5.02 Å². The Morgan fingerprint density at radius 1 is 0.794 bits per heavy atom. The molecule has 0 atom stereocenters. The standard InChI is InChI=1S/C26H25ClN2O5/c1-18-9-11-19(12-10-18)29-25(31)17-33-26(32)8-4-7-24(30)28-20-13-15-21(16-14-20)34-23-6-3-2-5-22(23)27/h2-3,5-6,9-16H,4,7-8,17H2,1H3,(H,28,30)(H,29,31). The second-order valence-electron chi connectivity index (χ2n) is 7.53. The number of anilines is 2. The third kappa shape index (κ3) is 8.26. The second-order valence-corrected chi connectivity index (χ2v) is 7.94. The van der Waals surface area contributed by atoms with Crippen molar-refractivity contribution in [2.24, 2.45) is 0 Å². The first-order valence-electron chi connectivity index (χ1n) is 10.7. The van der Waals surface area contributed by atoms with Gasteiger partial charge in [-0.25, -0.2) is 0 Å². The number of benzene rings is 3. The molecule has 0 bridgehead atoms. The van der Waals surface area contributed by atoms with Gasteiger partial charge in [0.15, 0.2) is 6.61 Å². The molecule has 0 saturated carbocycles. The van der Waals surface area contributed by atoms with Gasteiger partial charge in [0, 0.05) is 24.2 Å². The van der Waals surface area contributed by atoms with Crippen LogP contribution in [0.25, 0.3) is 0 Å². The lowest BCUT2D eigenvalue weighted by Crippen LogP contribution is -2.21. The number of halogens is 1. The third-order valence-corrected chi connectivity index (χ3v) is 5.00. The summed E-state index contributed by atoms with van der Waals surface area (Å²) in [4.78, 5) is 35.8. The largest absolute Gasteiger partial charge is 0.456 e. The van der Waals surface area contributed by atoms with Crippen LogP contribution in [-0.4, -0.2) is 24.4 Å². The van der Waals surface area contributed by atoms with Crippen molar-refractivity contribution < 1.29 is 23.9 Å². The van der Waals surface area contributed by atoms with Gasteiger partial charge in [-0.3, -0.25) is 14.4 Å². The Labute approximate surface area is 203 Å². The van der Waals surface area contributed by atoms with Crippen molar-refractivity contribution in [3.63, 3.8) is 0 Å². The molecule has 34 heavy (non-hydrogen) atoms. The van der Waals surface area contributed by atoms with Crippen molar-refractivity contribution in [3.05, 3.63) is 83.4 Å². The molecule has 0 spiro atoms. The SMILES string of the molecule is Cc1ccc(NC(=O)COC(=O)CCCC(=O)Nc2ccc(Oc3ccccc3Cl)cc2)cc1. The Kier molecular flexibility index (Phi) is 9.05. The average Bonchev–Trinajstić information content (AvgIpc) is 2.82. The summed E-state index contributed by atoms with van der Waals surface area (Å²) < 4.78 is 10.7. The maximum atomic E-state index is 12.1. The van der Waals surface area contributed by atoms with Crippen LogP contribution in [0, 0.1) is 6.92 Å². The molecule has 0 fully saturated rings. The predicted octanol–water partition coefficient (Wildman–Crippen LogP) is 5.73. The number of carbonyl (C=O) groups is 3. The van der Waals surface area contributed by atoms with E-state index in [0.29, 0.717) is 34.3 Å². The second kappa shape index (κ2) is 12.4. The minimum absolute atomic E-state index is 0.0375. The minimum atomic E-state index is -0.534. The molecule has 0 aromatic heterocycles. The van der Waals surface area contributed by atoms with Gasteiger partial charge in [-0.2, -0.15) is 0 Å². The number of rotatable bonds is 10. The molecule has 3 aromatic rings. The molecule has 2 amide bonds. The number of hydrogen-bond acceptors (Lipinski definition) is 5. The van der Waals surface area contributed by atoms with Gasteiger partial charge >= 0.3 is 5.97 Å². The fourth-order valence-corrected chi connectivity index (χ4v) is 3.10. The van der Waals surface area contributed by atoms with E-state index >= 15 is 0 Å². The van der Waals surface area contributed by atoms with Gasteiger partial charge in [0.1, 0.15) is 11.5 Å². The number of nitrogens with one attached hydrogen (secondary N) is 2. The fourth-order valence-electron chi connectivity index (χ4n) is 2.93. The highest BCUT2D eigenvalue weighted by Crippen LogP contribution is 2.29. The summed E-state index contributed by atoms with van der Waals surface area (Å²) in [6, 6.07) is 21.3. The Morgan fingerprint density at radius 3 is 2.09 bits per heavy atom. The highest BCUT2D eigenvalue weighted by Gasteiger charge is 2.10. The van der Waals surface area contributed by atoms with E-state index in [1.54, 1.807) is 48.5 Å². The van der Waals surface area contributed by atoms with E-state index in [2.05, 4.69) is 10.6 Å². The van der Waals surface area contributed by atoms with E-state index in [-0.39, 0.29) is 25.4 Å². The van der Waals surface area contributed by atoms with E-state index in [1.165, 1.54) is 0 Å². The summed E-state index contributed by atoms with van der Waals surface area (Å²) >= 11 is 6.08. The summed E-state index contributed by atoms with van der Waals surface area (Å²) in [5, 5.41) is 5.92. The van der Waals surface area contributed by atoms with Crippen molar-refractivity contribution in [2.45, 2.75) is 26.2 Å². The molecule has 2 N–H and O–H groups in total. The van der Waals surface area contributed by atoms with Crippen molar-refractivity contribution >= 4 is 40.8 Å². The first-order chi connectivity index (χ1) is 16.4. The Bertz CT molecular complexity index is 1130. The van der Waals surface area contributed by atoms with Gasteiger partial charge in [0.2, 0.25) is 5.91 Å². The molecule has 8 heteroatoms. The monoisotopic (exact) mass is 480 g/mol. The van der Waals surface area contributed by atoms with Crippen LogP contribution in [0.1, 0.15) is 24.8 Å². The fraction of sp³-hybridized carbons (Fsp3) is 0.192. The molecule has 3 rings (SSSR count). The van der Waals surface area contributed by atoms with E-state index in [4.69, 9.17) is 21.1 Å². The lowest BCUT2D eigenvalue weighted by molar-refractivity contribution is -0.147. The molecule has 176 valence electrons. The molecule has 7 nitrogen and oxygen atoms in total. The number of carbonyl (C=O) groups excluding carboxylic acids is 3. The molecule has 3 aromatic carbocycles. The van der Waals surface area contributed by atoms with Crippen LogP contribution < -0.4 is 15.4 Å². The smallest absolute Gasteiger partial charge is 0.306 e. The summed E-state index contributed by atoms with van der Waals surface area (Å²) in [5.41, 5.74) is 2.31. The first kappa shape index (κ1) is 24.8. The first-order valence-corrected chi connectivity index (χ1v) is 11.1. The van der Waals surface area contributed by atoms with Crippen LogP contribution in [0.3, 0.4) is 0 Å². The van der Waals surface area contributed by atoms with Crippen LogP contribution in [0.5, 0.6) is 11.5 Å². The molecule has 0 radical (unpaired) electrons. The molecule has 0 aliphatic heterocycles. The van der Waals surface area contributed by atoms with Crippen molar-refractivity contribution in [1.82, 2.24) is 0 Å². The molecule has 0 aliphatic carbocycles. The molecule has 0 saturated heterocycles. The van der Waals surface area contributed by atoms with Gasteiger partial charge in [0.05, 0.1) is 5.02 Å². The summed E-state index contributed by atoms with van der Waals surface area (Å²) in [7, 11) is 0. The number of ether oxygens (including phenoxy) is 2. The number of para-hydroxylation sites is 1. The van der Waals surface area contributed by atoms with Crippen molar-refractivity contribution in [3.8, 4) is 11.5 Å². The minimum Gasteiger partial charge on any atom is -0.456 e. The van der Waals surface area contributed by atoms with Gasteiger partial charge in [-0.15, -0.1) is 0 Å². The zero-order valence-electron chi connectivity index (χ0n) is 18.7. The van der Waals surface area contributed by atoms with Crippen molar-refractivity contribution in [1.29, 1.82) is 0 Å². The maximum Gasteiger partial charge on any atom is 0.306 e. The van der Waals surface area contributed by atoms with E-state index in [9.17, 15) is 14.4 Å². The topological polar surface area (TPSA) is 93.7 Å². The number of esters is 1. The van der Waals surface area contributed by atoms with Gasteiger partial charge in [-0.1, -0.05) is 41.4 Å². The lowest BCUT2D eigenvalue weighted by Gasteiger charge is -2.09. The highest BCUT2D eigenvalue weighted by molar-refractivity contribution is 6.32. The zero-order valence-corrected chi connectivity index (χ0v) is 19.4. The van der Waals surface area contributed by atoms with Crippen LogP contribution >= 0.6 is 11.6 Å². The molecule has 0 unspecified atom stereocenters. The lowest BCUT2D eigenvalue weighted by atomic mass is 10.2. The molecular weight excluding hydrogens is 456 g/mol. The van der Waals surface area contributed by atoms with E-state index in [1.807, 2.05) is 31.2 Å². The number of amides is 2. The molecule has 0 aliphatic rings. The normalized spacial score (nSPS) is 10.3. The number of aryl methyl sites for hydroxylation is 1. The average molecular weight is 481 g/mol. The van der Waals surface area contributed by atoms with E-state index < -0.39 is 11.9 Å². The maximum absolute atomic E-state index is 12.1. The quantitative estimate of drug-likeness (QED) is 0.361. The Balaban J connectivity index is 1.33. The van der Waals surface area contributed by atoms with Gasteiger partial charge in [-0.05, 0) is 61.9 Å². The Hall–Kier alpha value is -3.84. The van der Waals surface area contributed by atoms with Crippen molar-refractivity contribution in [2.75, 3.05) is 17.2 Å². The van der Waals surface area contributed by atoms with Crippen LogP contribution in [-0.2, 0) is 19.1 Å². The zero-order chi connectivity index (χ0) is 24.3. The molecule has 0 heterocycles. The number of hydrogen-bond donors (Lipinski definition) is 2. The predicted molar refractivity (Wildman–Crippen MR) is 131 cm³/mol. The highest BCUT2D eigenvalue weighted by atomic mass is 35.5. The summed E-state index contributed by atoms with van der Waals surface area (Å²) in [6.45, 7) is 1.57. The molecular formula is C26H25ClN2O5. The van der Waals surface area contributed by atoms with Crippen LogP contribution in [0.15, 0.2) is 72.8 Å². The Morgan fingerprint density at radius 2 is 1.41 bits per heavy atom. The third-order valence-electron chi connectivity index (χ3n) is 4.69. The summed E-state index contributed by atoms with van der Waals surface area (Å²) in [5.74, 6) is -0.0600. The van der Waals surface area contributed by atoms with Crippen LogP contribution in [0.4, 0.5) is 11.4 Å². The van der Waals surface area contributed by atoms with Gasteiger partial charge in [0.25, 0.3) is 5.91 Å². The van der Waals surface area contributed by atoms with E-state index in [0.717, 1.165) is 5.56 Å².